The van der Waals surface area contributed by atoms with Gasteiger partial charge in [-0.2, -0.15) is 0 Å². The average Bonchev–Trinajstić information content (AvgIpc) is 2.46. The smallest absolute Gasteiger partial charge is 0.178 e. The Morgan fingerprint density at radius 3 is 2.05 bits per heavy atom. The minimum Gasteiger partial charge on any atom is -0.224 e. The lowest BCUT2D eigenvalue weighted by molar-refractivity contribution is 0.596. The van der Waals surface area contributed by atoms with Crippen molar-refractivity contribution in [3.05, 3.63) is 67.3 Å². The third kappa shape index (κ3) is 3.32. The SMILES string of the molecule is C=CCCS(=O)(=O)c1ccc(-c2ccccc2)cc1. The Kier molecular flexibility index (Phi) is 4.17. The monoisotopic (exact) mass is 272 g/mol. The van der Waals surface area contributed by atoms with E-state index in [-0.39, 0.29) is 5.75 Å². The third-order valence-electron chi connectivity index (χ3n) is 2.91. The van der Waals surface area contributed by atoms with Gasteiger partial charge in [-0.05, 0) is 29.7 Å². The van der Waals surface area contributed by atoms with Crippen LogP contribution in [0.25, 0.3) is 11.1 Å². The highest BCUT2D eigenvalue weighted by atomic mass is 32.2. The zero-order valence-corrected chi connectivity index (χ0v) is 11.4. The minimum absolute atomic E-state index is 0.112. The Morgan fingerprint density at radius 1 is 0.895 bits per heavy atom. The molecule has 0 radical (unpaired) electrons. The standard InChI is InChI=1S/C16H16O2S/c1-2-3-13-19(17,18)16-11-9-15(10-12-16)14-7-5-4-6-8-14/h2,4-12H,1,3,13H2. The fourth-order valence-electron chi connectivity index (χ4n) is 1.84. The first-order valence-electron chi connectivity index (χ1n) is 6.12. The van der Waals surface area contributed by atoms with E-state index in [1.807, 2.05) is 42.5 Å². The molecular weight excluding hydrogens is 256 g/mol. The van der Waals surface area contributed by atoms with E-state index >= 15 is 0 Å². The van der Waals surface area contributed by atoms with Gasteiger partial charge < -0.3 is 0 Å². The van der Waals surface area contributed by atoms with Crippen LogP contribution in [0.3, 0.4) is 0 Å². The molecule has 0 aromatic heterocycles. The maximum absolute atomic E-state index is 12.0. The summed E-state index contributed by atoms with van der Waals surface area (Å²) in [6, 6.07) is 16.9. The van der Waals surface area contributed by atoms with Gasteiger partial charge in [0.05, 0.1) is 10.6 Å². The van der Waals surface area contributed by atoms with Gasteiger partial charge in [0, 0.05) is 0 Å². The highest BCUT2D eigenvalue weighted by molar-refractivity contribution is 7.91. The van der Waals surface area contributed by atoms with Crippen molar-refractivity contribution < 1.29 is 8.42 Å². The Bertz CT molecular complexity index is 641. The molecule has 2 nitrogen and oxygen atoms in total. The van der Waals surface area contributed by atoms with Crippen molar-refractivity contribution in [2.24, 2.45) is 0 Å². The molecule has 0 unspecified atom stereocenters. The number of rotatable bonds is 5. The van der Waals surface area contributed by atoms with E-state index in [4.69, 9.17) is 0 Å². The van der Waals surface area contributed by atoms with Crippen molar-refractivity contribution in [3.8, 4) is 11.1 Å². The lowest BCUT2D eigenvalue weighted by Gasteiger charge is -2.05. The van der Waals surface area contributed by atoms with Crippen LogP contribution in [-0.2, 0) is 9.84 Å². The number of hydrogen-bond donors (Lipinski definition) is 0. The molecule has 0 saturated heterocycles. The molecule has 0 aliphatic rings. The van der Waals surface area contributed by atoms with Crippen LogP contribution in [0.5, 0.6) is 0 Å². The number of benzene rings is 2. The number of sulfone groups is 1. The molecule has 0 heterocycles. The Labute approximate surface area is 114 Å². The second kappa shape index (κ2) is 5.85. The summed E-state index contributed by atoms with van der Waals surface area (Å²) in [5, 5.41) is 0. The van der Waals surface area contributed by atoms with E-state index in [0.717, 1.165) is 11.1 Å². The average molecular weight is 272 g/mol. The summed E-state index contributed by atoms with van der Waals surface area (Å²) in [5.41, 5.74) is 2.10. The van der Waals surface area contributed by atoms with Crippen molar-refractivity contribution in [2.45, 2.75) is 11.3 Å². The largest absolute Gasteiger partial charge is 0.224 e. The van der Waals surface area contributed by atoms with Crippen LogP contribution in [0, 0.1) is 0 Å². The van der Waals surface area contributed by atoms with Crippen LogP contribution < -0.4 is 0 Å². The molecule has 98 valence electrons. The lowest BCUT2D eigenvalue weighted by atomic mass is 10.1. The van der Waals surface area contributed by atoms with Crippen LogP contribution >= 0.6 is 0 Å². The molecule has 2 aromatic rings. The van der Waals surface area contributed by atoms with Gasteiger partial charge in [0.25, 0.3) is 0 Å². The number of allylic oxidation sites excluding steroid dienone is 1. The van der Waals surface area contributed by atoms with Crippen LogP contribution in [-0.4, -0.2) is 14.2 Å². The second-order valence-electron chi connectivity index (χ2n) is 4.29. The molecule has 0 amide bonds. The first kappa shape index (κ1) is 13.6. The van der Waals surface area contributed by atoms with E-state index < -0.39 is 9.84 Å². The van der Waals surface area contributed by atoms with Crippen LogP contribution in [0.4, 0.5) is 0 Å². The predicted octanol–water partition coefficient (Wildman–Crippen LogP) is 3.70. The summed E-state index contributed by atoms with van der Waals surface area (Å²) >= 11 is 0. The zero-order chi connectivity index (χ0) is 13.7. The first-order chi connectivity index (χ1) is 9.13. The van der Waals surface area contributed by atoms with Gasteiger partial charge in [0.2, 0.25) is 0 Å². The van der Waals surface area contributed by atoms with Crippen molar-refractivity contribution in [1.29, 1.82) is 0 Å². The zero-order valence-electron chi connectivity index (χ0n) is 10.6. The Balaban J connectivity index is 2.26. The fourth-order valence-corrected chi connectivity index (χ4v) is 3.11. The van der Waals surface area contributed by atoms with Gasteiger partial charge in [-0.25, -0.2) is 8.42 Å². The molecule has 0 saturated carbocycles. The lowest BCUT2D eigenvalue weighted by Crippen LogP contribution is -2.05. The molecule has 0 aliphatic carbocycles. The van der Waals surface area contributed by atoms with Crippen LogP contribution in [0.2, 0.25) is 0 Å². The van der Waals surface area contributed by atoms with Crippen LogP contribution in [0.15, 0.2) is 72.1 Å². The van der Waals surface area contributed by atoms with E-state index in [1.165, 1.54) is 0 Å². The van der Waals surface area contributed by atoms with E-state index in [0.29, 0.717) is 11.3 Å². The highest BCUT2D eigenvalue weighted by Crippen LogP contribution is 2.21. The number of hydrogen-bond acceptors (Lipinski definition) is 2. The van der Waals surface area contributed by atoms with Crippen LogP contribution in [0.1, 0.15) is 6.42 Å². The van der Waals surface area contributed by atoms with Gasteiger partial charge in [0.15, 0.2) is 9.84 Å². The summed E-state index contributed by atoms with van der Waals surface area (Å²) in [4.78, 5) is 0.369. The minimum atomic E-state index is -3.19. The van der Waals surface area contributed by atoms with Gasteiger partial charge in [0.1, 0.15) is 0 Å². The topological polar surface area (TPSA) is 34.1 Å². The molecule has 19 heavy (non-hydrogen) atoms. The summed E-state index contributed by atoms with van der Waals surface area (Å²) in [7, 11) is -3.19. The molecule has 0 bridgehead atoms. The predicted molar refractivity (Wildman–Crippen MR) is 78.7 cm³/mol. The van der Waals surface area contributed by atoms with Gasteiger partial charge in [-0.3, -0.25) is 0 Å². The Hall–Kier alpha value is -1.87. The summed E-state index contributed by atoms with van der Waals surface area (Å²) < 4.78 is 24.0. The normalized spacial score (nSPS) is 11.2. The molecule has 3 heteroatoms. The van der Waals surface area contributed by atoms with Crippen molar-refractivity contribution in [1.82, 2.24) is 0 Å². The van der Waals surface area contributed by atoms with E-state index in [2.05, 4.69) is 6.58 Å². The molecule has 0 N–H and O–H groups in total. The summed E-state index contributed by atoms with van der Waals surface area (Å²) in [6.45, 7) is 3.55. The molecule has 2 aromatic carbocycles. The molecule has 2 rings (SSSR count). The van der Waals surface area contributed by atoms with Crippen molar-refractivity contribution in [2.75, 3.05) is 5.75 Å². The molecule has 0 fully saturated rings. The maximum atomic E-state index is 12.0. The molecule has 0 aliphatic heterocycles. The highest BCUT2D eigenvalue weighted by Gasteiger charge is 2.12. The van der Waals surface area contributed by atoms with E-state index in [1.54, 1.807) is 18.2 Å². The fraction of sp³-hybridized carbons (Fsp3) is 0.125. The van der Waals surface area contributed by atoms with Gasteiger partial charge in [-0.1, -0.05) is 48.5 Å². The molecule has 0 atom stereocenters. The van der Waals surface area contributed by atoms with Crippen molar-refractivity contribution in [3.63, 3.8) is 0 Å². The van der Waals surface area contributed by atoms with Gasteiger partial charge >= 0.3 is 0 Å². The van der Waals surface area contributed by atoms with Crippen molar-refractivity contribution >= 4 is 9.84 Å². The summed E-state index contributed by atoms with van der Waals surface area (Å²) in [5.74, 6) is 0.112. The maximum Gasteiger partial charge on any atom is 0.178 e. The second-order valence-corrected chi connectivity index (χ2v) is 6.40. The first-order valence-corrected chi connectivity index (χ1v) is 7.78. The summed E-state index contributed by atoms with van der Waals surface area (Å²) in [6.07, 6.45) is 2.10. The quantitative estimate of drug-likeness (QED) is 0.778. The molecule has 0 spiro atoms. The van der Waals surface area contributed by atoms with Gasteiger partial charge in [-0.15, -0.1) is 6.58 Å². The molecular formula is C16H16O2S. The third-order valence-corrected chi connectivity index (χ3v) is 4.67. The Morgan fingerprint density at radius 2 is 1.47 bits per heavy atom. The van der Waals surface area contributed by atoms with E-state index in [9.17, 15) is 8.42 Å².